The quantitative estimate of drug-likeness (QED) is 0.788. The van der Waals surface area contributed by atoms with Crippen molar-refractivity contribution in [1.29, 1.82) is 0 Å². The summed E-state index contributed by atoms with van der Waals surface area (Å²) in [6, 6.07) is 6.00. The Kier molecular flexibility index (Phi) is 7.87. The second-order valence-corrected chi connectivity index (χ2v) is 8.09. The van der Waals surface area contributed by atoms with Crippen LogP contribution in [0.25, 0.3) is 0 Å². The fourth-order valence-electron chi connectivity index (χ4n) is 3.22. The second-order valence-electron chi connectivity index (χ2n) is 7.65. The summed E-state index contributed by atoms with van der Waals surface area (Å²) < 4.78 is 0. The molecule has 0 spiro atoms. The fourth-order valence-corrected chi connectivity index (χ4v) is 3.34. The lowest BCUT2D eigenvalue weighted by Gasteiger charge is -2.38. The highest BCUT2D eigenvalue weighted by molar-refractivity contribution is 6.30. The Morgan fingerprint density at radius 3 is 1.93 bits per heavy atom. The molecule has 0 aromatic heterocycles. The molecule has 1 aromatic carbocycles. The van der Waals surface area contributed by atoms with Crippen molar-refractivity contribution in [2.45, 2.75) is 40.2 Å². The minimum absolute atomic E-state index is 0.000856. The zero-order valence-electron chi connectivity index (χ0n) is 17.1. The zero-order valence-corrected chi connectivity index (χ0v) is 17.8. The van der Waals surface area contributed by atoms with Crippen molar-refractivity contribution in [1.82, 2.24) is 15.1 Å². The Balaban J connectivity index is 2.04. The Morgan fingerprint density at radius 2 is 1.46 bits per heavy atom. The van der Waals surface area contributed by atoms with Crippen LogP contribution in [0.3, 0.4) is 0 Å². The van der Waals surface area contributed by atoms with Crippen molar-refractivity contribution in [2.24, 2.45) is 11.8 Å². The van der Waals surface area contributed by atoms with Crippen LogP contribution >= 0.6 is 11.6 Å². The number of piperazine rings is 1. The molecule has 2 unspecified atom stereocenters. The Bertz CT molecular complexity index is 697. The van der Waals surface area contributed by atoms with Gasteiger partial charge in [0.05, 0.1) is 0 Å². The van der Waals surface area contributed by atoms with E-state index in [9.17, 15) is 14.4 Å². The van der Waals surface area contributed by atoms with Gasteiger partial charge in [0.15, 0.2) is 0 Å². The monoisotopic (exact) mass is 407 g/mol. The van der Waals surface area contributed by atoms with Crippen LogP contribution in [0.4, 0.5) is 0 Å². The van der Waals surface area contributed by atoms with E-state index in [0.717, 1.165) is 6.42 Å². The van der Waals surface area contributed by atoms with Crippen molar-refractivity contribution in [2.75, 3.05) is 26.2 Å². The van der Waals surface area contributed by atoms with Crippen LogP contribution in [0.5, 0.6) is 0 Å². The average Bonchev–Trinajstić information content (AvgIpc) is 2.70. The van der Waals surface area contributed by atoms with Crippen molar-refractivity contribution >= 4 is 29.3 Å². The Hall–Kier alpha value is -2.08. The van der Waals surface area contributed by atoms with Gasteiger partial charge in [-0.2, -0.15) is 0 Å². The van der Waals surface area contributed by atoms with Gasteiger partial charge in [-0.3, -0.25) is 14.4 Å². The Labute approximate surface area is 172 Å². The molecule has 28 heavy (non-hydrogen) atoms. The van der Waals surface area contributed by atoms with Gasteiger partial charge >= 0.3 is 0 Å². The summed E-state index contributed by atoms with van der Waals surface area (Å²) in [7, 11) is 0. The number of nitrogens with zero attached hydrogens (tertiary/aromatic N) is 2. The van der Waals surface area contributed by atoms with Gasteiger partial charge in [-0.05, 0) is 30.2 Å². The number of halogens is 1. The van der Waals surface area contributed by atoms with E-state index < -0.39 is 6.04 Å². The molecule has 1 fully saturated rings. The predicted octanol–water partition coefficient (Wildman–Crippen LogP) is 2.81. The van der Waals surface area contributed by atoms with Crippen LogP contribution in [0.15, 0.2) is 24.3 Å². The molecule has 0 aliphatic carbocycles. The molecule has 1 saturated heterocycles. The Morgan fingerprint density at radius 1 is 0.964 bits per heavy atom. The number of benzene rings is 1. The number of hydrogen-bond donors (Lipinski definition) is 1. The summed E-state index contributed by atoms with van der Waals surface area (Å²) in [5, 5.41) is 3.45. The summed E-state index contributed by atoms with van der Waals surface area (Å²) in [4.78, 5) is 41.4. The summed E-state index contributed by atoms with van der Waals surface area (Å²) in [5.41, 5.74) is 0.470. The molecule has 0 bridgehead atoms. The van der Waals surface area contributed by atoms with Gasteiger partial charge in [0.25, 0.3) is 5.91 Å². The zero-order chi connectivity index (χ0) is 20.8. The van der Waals surface area contributed by atoms with E-state index in [1.807, 2.05) is 27.7 Å². The summed E-state index contributed by atoms with van der Waals surface area (Å²) >= 11 is 5.88. The van der Waals surface area contributed by atoms with Gasteiger partial charge in [0.1, 0.15) is 6.04 Å². The van der Waals surface area contributed by atoms with Crippen LogP contribution in [0.1, 0.15) is 44.5 Å². The third-order valence-corrected chi connectivity index (χ3v) is 5.52. The molecule has 154 valence electrons. The minimum atomic E-state index is -0.597. The first kappa shape index (κ1) is 22.2. The maximum Gasteiger partial charge on any atom is 0.251 e. The second kappa shape index (κ2) is 9.92. The number of hydrogen-bond acceptors (Lipinski definition) is 3. The lowest BCUT2D eigenvalue weighted by atomic mass is 9.97. The van der Waals surface area contributed by atoms with Crippen molar-refractivity contribution in [3.63, 3.8) is 0 Å². The summed E-state index contributed by atoms with van der Waals surface area (Å²) in [6.07, 6.45) is 0.767. The van der Waals surface area contributed by atoms with E-state index in [2.05, 4.69) is 5.32 Å². The molecule has 1 N–H and O–H groups in total. The number of nitrogens with one attached hydrogen (secondary N) is 1. The number of rotatable bonds is 6. The standard InChI is InChI=1S/C21H30ClN3O3/c1-5-15(4)18(23-19(26)16-6-8-17(22)9-7-16)21(28)25-12-10-24(11-13-25)20(27)14(2)3/h6-9,14-15,18H,5,10-13H2,1-4H3,(H,23,26). The lowest BCUT2D eigenvalue weighted by Crippen LogP contribution is -2.57. The number of amides is 3. The largest absolute Gasteiger partial charge is 0.340 e. The van der Waals surface area contributed by atoms with E-state index in [0.29, 0.717) is 36.8 Å². The molecular weight excluding hydrogens is 378 g/mol. The van der Waals surface area contributed by atoms with Gasteiger partial charge < -0.3 is 15.1 Å². The van der Waals surface area contributed by atoms with E-state index >= 15 is 0 Å². The molecular formula is C21H30ClN3O3. The summed E-state index contributed by atoms with van der Waals surface area (Å²) in [6.45, 7) is 9.75. The molecule has 1 aliphatic rings. The molecule has 7 heteroatoms. The molecule has 2 atom stereocenters. The molecule has 6 nitrogen and oxygen atoms in total. The van der Waals surface area contributed by atoms with Gasteiger partial charge in [0.2, 0.25) is 11.8 Å². The predicted molar refractivity (Wildman–Crippen MR) is 110 cm³/mol. The van der Waals surface area contributed by atoms with Crippen molar-refractivity contribution < 1.29 is 14.4 Å². The number of carbonyl (C=O) groups excluding carboxylic acids is 3. The van der Waals surface area contributed by atoms with Gasteiger partial charge in [-0.25, -0.2) is 0 Å². The SMILES string of the molecule is CCC(C)C(NC(=O)c1ccc(Cl)cc1)C(=O)N1CCN(C(=O)C(C)C)CC1. The highest BCUT2D eigenvalue weighted by Gasteiger charge is 2.33. The first-order valence-corrected chi connectivity index (χ1v) is 10.3. The van der Waals surface area contributed by atoms with E-state index in [1.54, 1.807) is 34.1 Å². The van der Waals surface area contributed by atoms with Crippen LogP contribution in [-0.2, 0) is 9.59 Å². The van der Waals surface area contributed by atoms with Gasteiger partial charge in [0, 0.05) is 42.7 Å². The molecule has 1 aliphatic heterocycles. The third kappa shape index (κ3) is 5.47. The van der Waals surface area contributed by atoms with Crippen molar-refractivity contribution in [3.05, 3.63) is 34.9 Å². The topological polar surface area (TPSA) is 69.7 Å². The van der Waals surface area contributed by atoms with Crippen LogP contribution in [0.2, 0.25) is 5.02 Å². The maximum absolute atomic E-state index is 13.1. The summed E-state index contributed by atoms with van der Waals surface area (Å²) in [5.74, 6) is -0.313. The highest BCUT2D eigenvalue weighted by atomic mass is 35.5. The average molecular weight is 408 g/mol. The molecule has 0 radical (unpaired) electrons. The first-order valence-electron chi connectivity index (χ1n) is 9.88. The molecule has 0 saturated carbocycles. The molecule has 2 rings (SSSR count). The number of carbonyl (C=O) groups is 3. The van der Waals surface area contributed by atoms with E-state index in [1.165, 1.54) is 0 Å². The van der Waals surface area contributed by atoms with Crippen molar-refractivity contribution in [3.8, 4) is 0 Å². The minimum Gasteiger partial charge on any atom is -0.340 e. The molecule has 1 heterocycles. The normalized spacial score (nSPS) is 16.6. The van der Waals surface area contributed by atoms with Crippen LogP contribution < -0.4 is 5.32 Å². The molecule has 3 amide bonds. The van der Waals surface area contributed by atoms with E-state index in [-0.39, 0.29) is 29.6 Å². The smallest absolute Gasteiger partial charge is 0.251 e. The highest BCUT2D eigenvalue weighted by Crippen LogP contribution is 2.16. The van der Waals surface area contributed by atoms with Crippen LogP contribution in [0, 0.1) is 11.8 Å². The fraction of sp³-hybridized carbons (Fsp3) is 0.571. The maximum atomic E-state index is 13.1. The van der Waals surface area contributed by atoms with E-state index in [4.69, 9.17) is 11.6 Å². The van der Waals surface area contributed by atoms with Crippen LogP contribution in [-0.4, -0.2) is 59.7 Å². The lowest BCUT2D eigenvalue weighted by molar-refractivity contribution is -0.143. The first-order chi connectivity index (χ1) is 13.2. The van der Waals surface area contributed by atoms with Gasteiger partial charge in [-0.15, -0.1) is 0 Å². The van der Waals surface area contributed by atoms with Gasteiger partial charge in [-0.1, -0.05) is 45.7 Å². The molecule has 1 aromatic rings. The third-order valence-electron chi connectivity index (χ3n) is 5.27.